The van der Waals surface area contributed by atoms with Gasteiger partial charge in [0.05, 0.1) is 0 Å². The normalized spacial score (nSPS) is 13.5. The second-order valence-corrected chi connectivity index (χ2v) is 3.18. The molecule has 0 amide bonds. The Morgan fingerprint density at radius 2 is 2.27 bits per heavy atom. The van der Waals surface area contributed by atoms with E-state index in [2.05, 4.69) is 25.5 Å². The van der Waals surface area contributed by atoms with E-state index in [4.69, 9.17) is 5.73 Å². The third-order valence-corrected chi connectivity index (χ3v) is 1.85. The van der Waals surface area contributed by atoms with Gasteiger partial charge < -0.3 is 10.6 Å². The van der Waals surface area contributed by atoms with Gasteiger partial charge in [0.2, 0.25) is 0 Å². The Labute approximate surface area is 70.1 Å². The average molecular weight is 156 g/mol. The number of nitrogens with zero attached hydrogens (tertiary/aromatic N) is 1. The average Bonchev–Trinajstić information content (AvgIpc) is 2.01. The maximum absolute atomic E-state index is 5.49. The quantitative estimate of drug-likeness (QED) is 0.583. The van der Waals surface area contributed by atoms with E-state index >= 15 is 0 Å². The third kappa shape index (κ3) is 6.07. The molecule has 0 saturated carbocycles. The van der Waals surface area contributed by atoms with E-state index in [1.807, 2.05) is 6.08 Å². The van der Waals surface area contributed by atoms with Crippen LogP contribution in [0, 0.1) is 5.92 Å². The number of rotatable bonds is 6. The summed E-state index contributed by atoms with van der Waals surface area (Å²) in [4.78, 5) is 2.25. The molecule has 2 N–H and O–H groups in total. The van der Waals surface area contributed by atoms with Crippen LogP contribution in [0.5, 0.6) is 0 Å². The van der Waals surface area contributed by atoms with Gasteiger partial charge in [-0.2, -0.15) is 0 Å². The van der Waals surface area contributed by atoms with E-state index < -0.39 is 0 Å². The molecule has 0 saturated heterocycles. The molecule has 0 rings (SSSR count). The van der Waals surface area contributed by atoms with Crippen molar-refractivity contribution in [3.05, 3.63) is 12.7 Å². The highest BCUT2D eigenvalue weighted by atomic mass is 15.1. The lowest BCUT2D eigenvalue weighted by Gasteiger charge is -2.16. The largest absolute Gasteiger partial charge is 0.330 e. The lowest BCUT2D eigenvalue weighted by Crippen LogP contribution is -2.23. The molecule has 0 radical (unpaired) electrons. The maximum atomic E-state index is 5.49. The number of nitrogens with two attached hydrogens (primary N) is 1. The second kappa shape index (κ2) is 6.38. The van der Waals surface area contributed by atoms with Gasteiger partial charge in [-0.1, -0.05) is 13.0 Å². The molecule has 0 aliphatic rings. The highest BCUT2D eigenvalue weighted by Crippen LogP contribution is 1.99. The van der Waals surface area contributed by atoms with Crippen molar-refractivity contribution in [2.24, 2.45) is 11.7 Å². The Balaban J connectivity index is 3.29. The summed E-state index contributed by atoms with van der Waals surface area (Å²) in [6.45, 7) is 8.74. The Bertz CT molecular complexity index is 102. The zero-order chi connectivity index (χ0) is 8.69. The molecule has 0 spiro atoms. The first kappa shape index (κ1) is 10.7. The van der Waals surface area contributed by atoms with Gasteiger partial charge in [0.15, 0.2) is 0 Å². The zero-order valence-corrected chi connectivity index (χ0v) is 7.71. The molecular weight excluding hydrogens is 136 g/mol. The Hall–Kier alpha value is -0.340. The van der Waals surface area contributed by atoms with Crippen LogP contribution in [0.1, 0.15) is 13.3 Å². The molecule has 0 fully saturated rings. The monoisotopic (exact) mass is 156 g/mol. The molecule has 0 aliphatic carbocycles. The highest BCUT2D eigenvalue weighted by molar-refractivity contribution is 4.71. The SMILES string of the molecule is C=CCN(C)CCC(C)CN. The van der Waals surface area contributed by atoms with Crippen LogP contribution in [0.2, 0.25) is 0 Å². The van der Waals surface area contributed by atoms with Crippen molar-refractivity contribution >= 4 is 0 Å². The molecular formula is C9H20N2. The van der Waals surface area contributed by atoms with Crippen LogP contribution in [-0.4, -0.2) is 31.6 Å². The summed E-state index contributed by atoms with van der Waals surface area (Å²) in [5.41, 5.74) is 5.49. The van der Waals surface area contributed by atoms with Gasteiger partial charge in [0.1, 0.15) is 0 Å². The van der Waals surface area contributed by atoms with Crippen LogP contribution in [0.25, 0.3) is 0 Å². The summed E-state index contributed by atoms with van der Waals surface area (Å²) in [6, 6.07) is 0. The van der Waals surface area contributed by atoms with Crippen molar-refractivity contribution in [3.63, 3.8) is 0 Å². The van der Waals surface area contributed by atoms with Gasteiger partial charge in [-0.05, 0) is 32.5 Å². The van der Waals surface area contributed by atoms with Crippen molar-refractivity contribution in [2.75, 3.05) is 26.7 Å². The molecule has 2 nitrogen and oxygen atoms in total. The van der Waals surface area contributed by atoms with E-state index in [-0.39, 0.29) is 0 Å². The summed E-state index contributed by atoms with van der Waals surface area (Å²) >= 11 is 0. The minimum atomic E-state index is 0.641. The van der Waals surface area contributed by atoms with Gasteiger partial charge in [0, 0.05) is 6.54 Å². The van der Waals surface area contributed by atoms with Gasteiger partial charge in [0.25, 0.3) is 0 Å². The molecule has 0 aromatic carbocycles. The fourth-order valence-corrected chi connectivity index (χ4v) is 0.870. The molecule has 0 aliphatic heterocycles. The van der Waals surface area contributed by atoms with Gasteiger partial charge in [-0.15, -0.1) is 6.58 Å². The van der Waals surface area contributed by atoms with Crippen LogP contribution in [0.4, 0.5) is 0 Å². The van der Waals surface area contributed by atoms with Crippen LogP contribution in [0.15, 0.2) is 12.7 Å². The van der Waals surface area contributed by atoms with E-state index in [1.54, 1.807) is 0 Å². The number of hydrogen-bond donors (Lipinski definition) is 1. The number of likely N-dealkylation sites (N-methyl/N-ethyl adjacent to an activating group) is 1. The van der Waals surface area contributed by atoms with Crippen molar-refractivity contribution in [3.8, 4) is 0 Å². The van der Waals surface area contributed by atoms with Gasteiger partial charge in [-0.25, -0.2) is 0 Å². The molecule has 0 heterocycles. The van der Waals surface area contributed by atoms with E-state index in [0.29, 0.717) is 5.92 Å². The van der Waals surface area contributed by atoms with Crippen molar-refractivity contribution < 1.29 is 0 Å². The first-order valence-electron chi connectivity index (χ1n) is 4.20. The predicted octanol–water partition coefficient (Wildman–Crippen LogP) is 1.09. The summed E-state index contributed by atoms with van der Waals surface area (Å²) in [5, 5.41) is 0. The Morgan fingerprint density at radius 1 is 1.64 bits per heavy atom. The minimum Gasteiger partial charge on any atom is -0.330 e. The summed E-state index contributed by atoms with van der Waals surface area (Å²) in [5.74, 6) is 0.641. The van der Waals surface area contributed by atoms with Crippen LogP contribution < -0.4 is 5.73 Å². The molecule has 1 unspecified atom stereocenters. The Kier molecular flexibility index (Phi) is 6.18. The standard InChI is InChI=1S/C9H20N2/c1-4-6-11(3)7-5-9(2)8-10/h4,9H,1,5-8,10H2,2-3H3. The van der Waals surface area contributed by atoms with Gasteiger partial charge >= 0.3 is 0 Å². The van der Waals surface area contributed by atoms with Crippen molar-refractivity contribution in [2.45, 2.75) is 13.3 Å². The van der Waals surface area contributed by atoms with Crippen LogP contribution in [0.3, 0.4) is 0 Å². The second-order valence-electron chi connectivity index (χ2n) is 3.18. The molecule has 2 heteroatoms. The number of hydrogen-bond acceptors (Lipinski definition) is 2. The van der Waals surface area contributed by atoms with Crippen molar-refractivity contribution in [1.82, 2.24) is 4.90 Å². The molecule has 0 bridgehead atoms. The highest BCUT2D eigenvalue weighted by Gasteiger charge is 2.00. The maximum Gasteiger partial charge on any atom is 0.0157 e. The lowest BCUT2D eigenvalue weighted by atomic mass is 10.1. The first-order valence-corrected chi connectivity index (χ1v) is 4.20. The molecule has 1 atom stereocenters. The summed E-state index contributed by atoms with van der Waals surface area (Å²) < 4.78 is 0. The van der Waals surface area contributed by atoms with E-state index in [1.165, 1.54) is 6.42 Å². The minimum absolute atomic E-state index is 0.641. The topological polar surface area (TPSA) is 29.3 Å². The fraction of sp³-hybridized carbons (Fsp3) is 0.778. The molecule has 11 heavy (non-hydrogen) atoms. The zero-order valence-electron chi connectivity index (χ0n) is 7.71. The smallest absolute Gasteiger partial charge is 0.0157 e. The first-order chi connectivity index (χ1) is 5.20. The summed E-state index contributed by atoms with van der Waals surface area (Å²) in [6.07, 6.45) is 3.11. The van der Waals surface area contributed by atoms with Crippen molar-refractivity contribution in [1.29, 1.82) is 0 Å². The molecule has 0 aromatic rings. The molecule has 66 valence electrons. The summed E-state index contributed by atoms with van der Waals surface area (Å²) in [7, 11) is 2.10. The molecule has 0 aromatic heterocycles. The fourth-order valence-electron chi connectivity index (χ4n) is 0.870. The Morgan fingerprint density at radius 3 is 2.73 bits per heavy atom. The van der Waals surface area contributed by atoms with Crippen LogP contribution >= 0.6 is 0 Å². The van der Waals surface area contributed by atoms with Crippen LogP contribution in [-0.2, 0) is 0 Å². The van der Waals surface area contributed by atoms with Gasteiger partial charge in [-0.3, -0.25) is 0 Å². The lowest BCUT2D eigenvalue weighted by molar-refractivity contribution is 0.335. The third-order valence-electron chi connectivity index (χ3n) is 1.85. The predicted molar refractivity (Wildman–Crippen MR) is 50.5 cm³/mol. The van der Waals surface area contributed by atoms with E-state index in [0.717, 1.165) is 19.6 Å². The van der Waals surface area contributed by atoms with E-state index in [9.17, 15) is 0 Å².